The van der Waals surface area contributed by atoms with E-state index >= 15 is 0 Å². The number of sulfone groups is 1. The van der Waals surface area contributed by atoms with Crippen LogP contribution in [0.2, 0.25) is 0 Å². The number of hydrogen-bond donors (Lipinski definition) is 1. The molecule has 29 heavy (non-hydrogen) atoms. The predicted molar refractivity (Wildman–Crippen MR) is 109 cm³/mol. The number of aromatic nitrogens is 4. The maximum absolute atomic E-state index is 12.0. The molecule has 1 aliphatic heterocycles. The summed E-state index contributed by atoms with van der Waals surface area (Å²) in [7, 11) is -2.89. The smallest absolute Gasteiger partial charge is 0.249 e. The van der Waals surface area contributed by atoms with Crippen molar-refractivity contribution in [2.75, 3.05) is 29.9 Å². The number of amides is 1. The summed E-state index contributed by atoms with van der Waals surface area (Å²) >= 11 is 1.55. The molecule has 4 heterocycles. The molecule has 1 saturated heterocycles. The number of nitrogens with one attached hydrogen (secondary N) is 1. The first-order chi connectivity index (χ1) is 14.0. The largest absolute Gasteiger partial charge is 0.295 e. The number of rotatable bonds is 5. The van der Waals surface area contributed by atoms with Crippen molar-refractivity contribution < 1.29 is 13.2 Å². The second-order valence-corrected chi connectivity index (χ2v) is 10.8. The summed E-state index contributed by atoms with van der Waals surface area (Å²) in [5.41, 5.74) is 1.51. The SMILES string of the molecule is O=C(Nc1nc2cccc(-c3cnc(CN4CCS(=O)(=O)CC4)s3)n2n1)C1CC1. The lowest BCUT2D eigenvalue weighted by atomic mass is 10.3. The second kappa shape index (κ2) is 7.15. The zero-order valence-corrected chi connectivity index (χ0v) is 17.2. The van der Waals surface area contributed by atoms with Crippen molar-refractivity contribution in [3.63, 3.8) is 0 Å². The van der Waals surface area contributed by atoms with Gasteiger partial charge in [0.15, 0.2) is 15.5 Å². The van der Waals surface area contributed by atoms with Gasteiger partial charge in [0.25, 0.3) is 0 Å². The van der Waals surface area contributed by atoms with Crippen molar-refractivity contribution in [1.29, 1.82) is 0 Å². The molecule has 0 atom stereocenters. The first-order valence-corrected chi connectivity index (χ1v) is 12.2. The summed E-state index contributed by atoms with van der Waals surface area (Å²) in [4.78, 5) is 24.0. The molecule has 11 heteroatoms. The standard InChI is InChI=1S/C18H20N6O3S2/c25-17(12-4-5-12)21-18-20-15-3-1-2-13(24(15)22-18)14-10-19-16(28-14)11-23-6-8-29(26,27)9-7-23/h1-3,10,12H,4-9,11H2,(H,21,22,25). The first kappa shape index (κ1) is 18.6. The lowest BCUT2D eigenvalue weighted by molar-refractivity contribution is -0.117. The molecule has 0 unspecified atom stereocenters. The van der Waals surface area contributed by atoms with Crippen LogP contribution >= 0.6 is 11.3 Å². The Bertz CT molecular complexity index is 1170. The molecular formula is C18H20N6O3S2. The van der Waals surface area contributed by atoms with Crippen LogP contribution in [0.3, 0.4) is 0 Å². The molecule has 1 saturated carbocycles. The Labute approximate surface area is 171 Å². The Morgan fingerprint density at radius 2 is 2.03 bits per heavy atom. The molecule has 0 aromatic carbocycles. The van der Waals surface area contributed by atoms with Gasteiger partial charge in [-0.1, -0.05) is 6.07 Å². The minimum absolute atomic E-state index is 0.0221. The number of thiazole rings is 1. The van der Waals surface area contributed by atoms with E-state index in [1.54, 1.807) is 22.0 Å². The molecule has 2 aliphatic rings. The zero-order valence-electron chi connectivity index (χ0n) is 15.6. The highest BCUT2D eigenvalue weighted by atomic mass is 32.2. The quantitative estimate of drug-likeness (QED) is 0.649. The fraction of sp³-hybridized carbons (Fsp3) is 0.444. The van der Waals surface area contributed by atoms with E-state index in [4.69, 9.17) is 0 Å². The van der Waals surface area contributed by atoms with Gasteiger partial charge in [-0.25, -0.2) is 17.9 Å². The minimum Gasteiger partial charge on any atom is -0.295 e. The van der Waals surface area contributed by atoms with Crippen molar-refractivity contribution in [2.24, 2.45) is 5.92 Å². The average molecular weight is 433 g/mol. The minimum atomic E-state index is -2.89. The molecule has 3 aromatic heterocycles. The third kappa shape index (κ3) is 4.02. The maximum Gasteiger partial charge on any atom is 0.249 e. The van der Waals surface area contributed by atoms with Crippen LogP contribution in [0.25, 0.3) is 16.2 Å². The van der Waals surface area contributed by atoms with Crippen LogP contribution in [0.4, 0.5) is 5.95 Å². The van der Waals surface area contributed by atoms with E-state index in [0.717, 1.165) is 28.4 Å². The molecular weight excluding hydrogens is 412 g/mol. The van der Waals surface area contributed by atoms with E-state index in [1.165, 1.54) is 0 Å². The molecule has 0 bridgehead atoms. The van der Waals surface area contributed by atoms with Gasteiger partial charge in [0.1, 0.15) is 5.01 Å². The van der Waals surface area contributed by atoms with Gasteiger partial charge in [0.2, 0.25) is 11.9 Å². The van der Waals surface area contributed by atoms with Gasteiger partial charge in [0, 0.05) is 25.2 Å². The number of fused-ring (bicyclic) bond motifs is 1. The summed E-state index contributed by atoms with van der Waals surface area (Å²) in [6.07, 6.45) is 3.66. The van der Waals surface area contributed by atoms with Crippen molar-refractivity contribution in [2.45, 2.75) is 19.4 Å². The highest BCUT2D eigenvalue weighted by molar-refractivity contribution is 7.91. The topological polar surface area (TPSA) is 110 Å². The molecule has 1 N–H and O–H groups in total. The van der Waals surface area contributed by atoms with E-state index < -0.39 is 9.84 Å². The number of anilines is 1. The van der Waals surface area contributed by atoms with Gasteiger partial charge in [-0.2, -0.15) is 4.98 Å². The number of hydrogen-bond acceptors (Lipinski definition) is 8. The Balaban J connectivity index is 1.35. The van der Waals surface area contributed by atoms with Crippen LogP contribution in [-0.2, 0) is 21.2 Å². The monoisotopic (exact) mass is 432 g/mol. The van der Waals surface area contributed by atoms with Gasteiger partial charge in [-0.15, -0.1) is 16.4 Å². The number of carbonyl (C=O) groups excluding carboxylic acids is 1. The Kier molecular flexibility index (Phi) is 4.60. The van der Waals surface area contributed by atoms with Gasteiger partial charge in [-0.3, -0.25) is 15.0 Å². The molecule has 9 nitrogen and oxygen atoms in total. The summed E-state index contributed by atoms with van der Waals surface area (Å²) < 4.78 is 24.9. The van der Waals surface area contributed by atoms with Crippen molar-refractivity contribution in [3.8, 4) is 10.6 Å². The van der Waals surface area contributed by atoms with Gasteiger partial charge >= 0.3 is 0 Å². The summed E-state index contributed by atoms with van der Waals surface area (Å²) in [5.74, 6) is 0.798. The molecule has 152 valence electrons. The van der Waals surface area contributed by atoms with Crippen LogP contribution in [0.5, 0.6) is 0 Å². The second-order valence-electron chi connectivity index (χ2n) is 7.43. The van der Waals surface area contributed by atoms with Gasteiger partial charge in [0.05, 0.1) is 28.6 Å². The lowest BCUT2D eigenvalue weighted by Crippen LogP contribution is -2.39. The van der Waals surface area contributed by atoms with E-state index in [9.17, 15) is 13.2 Å². The maximum atomic E-state index is 12.0. The lowest BCUT2D eigenvalue weighted by Gasteiger charge is -2.25. The third-order valence-corrected chi connectivity index (χ3v) is 7.76. The van der Waals surface area contributed by atoms with Crippen molar-refractivity contribution in [1.82, 2.24) is 24.5 Å². The summed E-state index contributed by atoms with van der Waals surface area (Å²) in [5, 5.41) is 8.17. The van der Waals surface area contributed by atoms with Crippen LogP contribution in [-0.4, -0.2) is 63.4 Å². The van der Waals surface area contributed by atoms with E-state index in [1.807, 2.05) is 18.2 Å². The normalized spacial score (nSPS) is 19.4. The molecule has 5 rings (SSSR count). The highest BCUT2D eigenvalue weighted by Gasteiger charge is 2.30. The Morgan fingerprint density at radius 3 is 2.79 bits per heavy atom. The number of nitrogens with zero attached hydrogens (tertiary/aromatic N) is 5. The van der Waals surface area contributed by atoms with Crippen LogP contribution in [0.1, 0.15) is 17.8 Å². The van der Waals surface area contributed by atoms with E-state index in [-0.39, 0.29) is 23.3 Å². The van der Waals surface area contributed by atoms with Crippen molar-refractivity contribution >= 4 is 38.7 Å². The Morgan fingerprint density at radius 1 is 1.24 bits per heavy atom. The predicted octanol–water partition coefficient (Wildman–Crippen LogP) is 1.43. The molecule has 1 amide bonds. The molecule has 0 radical (unpaired) electrons. The third-order valence-electron chi connectivity index (χ3n) is 5.14. The molecule has 2 fully saturated rings. The van der Waals surface area contributed by atoms with Crippen molar-refractivity contribution in [3.05, 3.63) is 29.4 Å². The Hall–Kier alpha value is -2.37. The first-order valence-electron chi connectivity index (χ1n) is 9.51. The summed E-state index contributed by atoms with van der Waals surface area (Å²) in [6, 6.07) is 5.69. The molecule has 3 aromatic rings. The number of pyridine rings is 1. The number of carbonyl (C=O) groups is 1. The van der Waals surface area contributed by atoms with E-state index in [0.29, 0.717) is 31.2 Å². The zero-order chi connectivity index (χ0) is 20.0. The average Bonchev–Trinajstić information content (AvgIpc) is 3.31. The summed E-state index contributed by atoms with van der Waals surface area (Å²) in [6.45, 7) is 1.72. The molecule has 0 spiro atoms. The molecule has 1 aliphatic carbocycles. The van der Waals surface area contributed by atoms with Crippen LogP contribution < -0.4 is 5.32 Å². The fourth-order valence-corrected chi connectivity index (χ4v) is 5.55. The highest BCUT2D eigenvalue weighted by Crippen LogP contribution is 2.30. The van der Waals surface area contributed by atoms with Crippen LogP contribution in [0, 0.1) is 5.92 Å². The van der Waals surface area contributed by atoms with E-state index in [2.05, 4.69) is 25.3 Å². The van der Waals surface area contributed by atoms with Crippen LogP contribution in [0.15, 0.2) is 24.4 Å². The fourth-order valence-electron chi connectivity index (χ4n) is 3.30. The van der Waals surface area contributed by atoms with Gasteiger partial charge in [-0.05, 0) is 25.0 Å². The van der Waals surface area contributed by atoms with Gasteiger partial charge < -0.3 is 0 Å².